The van der Waals surface area contributed by atoms with Crippen LogP contribution in [0.1, 0.15) is 22.3 Å². The normalized spacial score (nSPS) is 13.1. The average molecular weight is 724 g/mol. The van der Waals surface area contributed by atoms with Gasteiger partial charge in [0, 0.05) is 16.7 Å². The highest BCUT2D eigenvalue weighted by molar-refractivity contribution is 5.96. The van der Waals surface area contributed by atoms with Crippen LogP contribution in [0.25, 0.3) is 89.1 Å². The summed E-state index contributed by atoms with van der Waals surface area (Å²) in [6.45, 7) is 0. The Kier molecular flexibility index (Phi) is 6.84. The summed E-state index contributed by atoms with van der Waals surface area (Å²) in [5, 5.41) is 4.67. The fraction of sp³-hybridized carbons (Fsp3) is 0.0185. The second-order valence-corrected chi connectivity index (χ2v) is 15.2. The molecule has 0 amide bonds. The summed E-state index contributed by atoms with van der Waals surface area (Å²) in [6, 6.07) is 72.2. The van der Waals surface area contributed by atoms with Crippen molar-refractivity contribution in [3.05, 3.63) is 222 Å². The molecule has 9 aromatic carbocycles. The molecular formula is C54H33N3. The van der Waals surface area contributed by atoms with Gasteiger partial charge in [0.2, 0.25) is 0 Å². The van der Waals surface area contributed by atoms with Crippen LogP contribution in [0.15, 0.2) is 200 Å². The van der Waals surface area contributed by atoms with Crippen molar-refractivity contribution in [3.63, 3.8) is 0 Å². The van der Waals surface area contributed by atoms with Gasteiger partial charge in [-0.3, -0.25) is 0 Å². The summed E-state index contributed by atoms with van der Waals surface area (Å²) >= 11 is 0. The van der Waals surface area contributed by atoms with E-state index in [0.29, 0.717) is 17.5 Å². The SMILES string of the molecule is c1ccc2c(c1)-c1ccccc1C21c2ccccc2-c2cc(-c3ccc(-c4nc(-c5ccc6ccccc6c5)nc(-c5ccc6ccccc6c5)n4)cc3)ccc21. The molecule has 0 N–H and O–H groups in total. The fourth-order valence-electron chi connectivity index (χ4n) is 9.51. The van der Waals surface area contributed by atoms with Gasteiger partial charge >= 0.3 is 0 Å². The second-order valence-electron chi connectivity index (χ2n) is 15.2. The maximum Gasteiger partial charge on any atom is 0.164 e. The van der Waals surface area contributed by atoms with E-state index in [1.54, 1.807) is 0 Å². The Balaban J connectivity index is 0.969. The molecule has 0 saturated carbocycles. The van der Waals surface area contributed by atoms with Crippen molar-refractivity contribution in [3.8, 4) is 67.5 Å². The number of rotatable bonds is 4. The average Bonchev–Trinajstić information content (AvgIpc) is 3.76. The van der Waals surface area contributed by atoms with Gasteiger partial charge in [-0.2, -0.15) is 0 Å². The van der Waals surface area contributed by atoms with E-state index in [1.807, 2.05) is 0 Å². The molecule has 2 aliphatic carbocycles. The Morgan fingerprint density at radius 3 is 1.14 bits per heavy atom. The Morgan fingerprint density at radius 1 is 0.246 bits per heavy atom. The van der Waals surface area contributed by atoms with Crippen LogP contribution in [0.5, 0.6) is 0 Å². The zero-order chi connectivity index (χ0) is 37.5. The van der Waals surface area contributed by atoms with E-state index in [0.717, 1.165) is 33.0 Å². The summed E-state index contributed by atoms with van der Waals surface area (Å²) < 4.78 is 0. The summed E-state index contributed by atoms with van der Waals surface area (Å²) in [4.78, 5) is 15.3. The first-order valence-corrected chi connectivity index (χ1v) is 19.5. The fourth-order valence-corrected chi connectivity index (χ4v) is 9.51. The number of fused-ring (bicyclic) bond motifs is 12. The van der Waals surface area contributed by atoms with Gasteiger partial charge in [-0.25, -0.2) is 15.0 Å². The van der Waals surface area contributed by atoms with Gasteiger partial charge in [-0.15, -0.1) is 0 Å². The summed E-state index contributed by atoms with van der Waals surface area (Å²) in [5.41, 5.74) is 15.5. The standard InChI is InChI=1S/C54H33N3/c1-3-13-38-31-41(27-23-34(38)11-1)52-55-51(56-53(57-52)42-28-24-35-12-2-4-14-39(35)32-42)37-25-21-36(22-26-37)40-29-30-50-46(33-40)45-17-7-10-20-49(45)54(50)47-18-8-5-15-43(47)44-16-6-9-19-48(44)54/h1-33H. The molecule has 0 radical (unpaired) electrons. The van der Waals surface area contributed by atoms with Crippen molar-refractivity contribution < 1.29 is 0 Å². The van der Waals surface area contributed by atoms with Crippen LogP contribution >= 0.6 is 0 Å². The lowest BCUT2D eigenvalue weighted by Crippen LogP contribution is -2.25. The first-order valence-electron chi connectivity index (χ1n) is 19.5. The molecule has 3 heteroatoms. The molecule has 10 aromatic rings. The van der Waals surface area contributed by atoms with Crippen LogP contribution in [0, 0.1) is 0 Å². The molecule has 3 nitrogen and oxygen atoms in total. The number of hydrogen-bond acceptors (Lipinski definition) is 3. The van der Waals surface area contributed by atoms with Crippen LogP contribution in [-0.4, -0.2) is 15.0 Å². The van der Waals surface area contributed by atoms with Gasteiger partial charge in [-0.1, -0.05) is 182 Å². The minimum atomic E-state index is -0.342. The highest BCUT2D eigenvalue weighted by atomic mass is 15.0. The zero-order valence-corrected chi connectivity index (χ0v) is 30.9. The van der Waals surface area contributed by atoms with Crippen LogP contribution in [0.2, 0.25) is 0 Å². The largest absolute Gasteiger partial charge is 0.208 e. The molecule has 0 saturated heterocycles. The van der Waals surface area contributed by atoms with Crippen LogP contribution in [-0.2, 0) is 5.41 Å². The van der Waals surface area contributed by atoms with Gasteiger partial charge in [0.15, 0.2) is 17.5 Å². The van der Waals surface area contributed by atoms with E-state index in [1.165, 1.54) is 60.8 Å². The van der Waals surface area contributed by atoms with E-state index in [4.69, 9.17) is 15.0 Å². The molecule has 1 aromatic heterocycles. The van der Waals surface area contributed by atoms with Crippen molar-refractivity contribution in [2.75, 3.05) is 0 Å². The van der Waals surface area contributed by atoms with Crippen molar-refractivity contribution in [1.29, 1.82) is 0 Å². The quantitative estimate of drug-likeness (QED) is 0.181. The van der Waals surface area contributed by atoms with Crippen molar-refractivity contribution >= 4 is 21.5 Å². The van der Waals surface area contributed by atoms with Gasteiger partial charge in [0.1, 0.15) is 0 Å². The van der Waals surface area contributed by atoms with E-state index in [2.05, 4.69) is 200 Å². The second kappa shape index (κ2) is 12.3. The smallest absolute Gasteiger partial charge is 0.164 e. The molecule has 1 spiro atoms. The molecule has 57 heavy (non-hydrogen) atoms. The van der Waals surface area contributed by atoms with Crippen molar-refractivity contribution in [2.45, 2.75) is 5.41 Å². The van der Waals surface area contributed by atoms with Gasteiger partial charge < -0.3 is 0 Å². The summed E-state index contributed by atoms with van der Waals surface area (Å²) in [7, 11) is 0. The maximum absolute atomic E-state index is 5.10. The number of nitrogens with zero attached hydrogens (tertiary/aromatic N) is 3. The van der Waals surface area contributed by atoms with E-state index >= 15 is 0 Å². The molecule has 0 bridgehead atoms. The molecule has 2 aliphatic rings. The molecule has 12 rings (SSSR count). The van der Waals surface area contributed by atoms with Crippen molar-refractivity contribution in [1.82, 2.24) is 15.0 Å². The molecule has 0 fully saturated rings. The first-order chi connectivity index (χ1) is 28.2. The number of aromatic nitrogens is 3. The number of hydrogen-bond donors (Lipinski definition) is 0. The summed E-state index contributed by atoms with van der Waals surface area (Å²) in [5.74, 6) is 1.95. The Hall–Kier alpha value is -7.49. The Morgan fingerprint density at radius 2 is 0.614 bits per heavy atom. The lowest BCUT2D eigenvalue weighted by Gasteiger charge is -2.30. The van der Waals surface area contributed by atoms with Crippen LogP contribution in [0.4, 0.5) is 0 Å². The highest BCUT2D eigenvalue weighted by Gasteiger charge is 2.51. The molecule has 264 valence electrons. The lowest BCUT2D eigenvalue weighted by atomic mass is 9.70. The third-order valence-electron chi connectivity index (χ3n) is 12.1. The minimum Gasteiger partial charge on any atom is -0.208 e. The van der Waals surface area contributed by atoms with Gasteiger partial charge in [0.25, 0.3) is 0 Å². The lowest BCUT2D eigenvalue weighted by molar-refractivity contribution is 0.794. The monoisotopic (exact) mass is 723 g/mol. The van der Waals surface area contributed by atoms with Gasteiger partial charge in [-0.05, 0) is 95.4 Å². The predicted octanol–water partition coefficient (Wildman–Crippen LogP) is 13.2. The predicted molar refractivity (Wildman–Crippen MR) is 233 cm³/mol. The minimum absolute atomic E-state index is 0.342. The number of benzene rings is 9. The first kappa shape index (κ1) is 31.8. The molecule has 0 aliphatic heterocycles. The molecule has 1 heterocycles. The topological polar surface area (TPSA) is 38.7 Å². The Labute approximate surface area is 330 Å². The molecule has 0 atom stereocenters. The third-order valence-corrected chi connectivity index (χ3v) is 12.1. The van der Waals surface area contributed by atoms with Crippen LogP contribution < -0.4 is 0 Å². The van der Waals surface area contributed by atoms with E-state index in [-0.39, 0.29) is 5.41 Å². The maximum atomic E-state index is 5.10. The molecule has 0 unspecified atom stereocenters. The van der Waals surface area contributed by atoms with Crippen molar-refractivity contribution in [2.24, 2.45) is 0 Å². The summed E-state index contributed by atoms with van der Waals surface area (Å²) in [6.07, 6.45) is 0. The van der Waals surface area contributed by atoms with Gasteiger partial charge in [0.05, 0.1) is 5.41 Å². The molecular weight excluding hydrogens is 691 g/mol. The Bertz CT molecular complexity index is 3110. The van der Waals surface area contributed by atoms with E-state index < -0.39 is 0 Å². The third kappa shape index (κ3) is 4.76. The van der Waals surface area contributed by atoms with E-state index in [9.17, 15) is 0 Å². The highest BCUT2D eigenvalue weighted by Crippen LogP contribution is 2.62. The van der Waals surface area contributed by atoms with Crippen LogP contribution in [0.3, 0.4) is 0 Å². The zero-order valence-electron chi connectivity index (χ0n) is 30.9.